The molecule has 1 rings (SSSR count). The van der Waals surface area contributed by atoms with Gasteiger partial charge in [0.2, 0.25) is 0 Å². The van der Waals surface area contributed by atoms with Gasteiger partial charge in [0.1, 0.15) is 5.72 Å². The third-order valence-corrected chi connectivity index (χ3v) is 1.76. The van der Waals surface area contributed by atoms with Crippen molar-refractivity contribution in [3.05, 3.63) is 34.0 Å². The summed E-state index contributed by atoms with van der Waals surface area (Å²) >= 11 is 0. The van der Waals surface area contributed by atoms with Gasteiger partial charge in [-0.15, -0.1) is 0 Å². The highest BCUT2D eigenvalue weighted by atomic mass is 16.6. The van der Waals surface area contributed by atoms with E-state index in [4.69, 9.17) is 10.5 Å². The SMILES string of the molecule is COC1(N)C=CC([N+](=O)[O-])=CC1. The molecule has 0 aromatic rings. The summed E-state index contributed by atoms with van der Waals surface area (Å²) in [5.74, 6) is 0. The number of rotatable bonds is 2. The van der Waals surface area contributed by atoms with E-state index in [0.717, 1.165) is 0 Å². The molecule has 0 heterocycles. The smallest absolute Gasteiger partial charge is 0.265 e. The fourth-order valence-electron chi connectivity index (χ4n) is 0.913. The summed E-state index contributed by atoms with van der Waals surface area (Å²) in [4.78, 5) is 9.81. The van der Waals surface area contributed by atoms with Crippen molar-refractivity contribution in [3.8, 4) is 0 Å². The van der Waals surface area contributed by atoms with Gasteiger partial charge in [0.05, 0.1) is 4.92 Å². The van der Waals surface area contributed by atoms with Gasteiger partial charge in [0.25, 0.3) is 5.70 Å². The van der Waals surface area contributed by atoms with Crippen LogP contribution in [0, 0.1) is 10.1 Å². The fraction of sp³-hybridized carbons (Fsp3) is 0.429. The molecule has 0 amide bonds. The number of allylic oxidation sites excluding steroid dienone is 1. The van der Waals surface area contributed by atoms with Crippen molar-refractivity contribution in [2.45, 2.75) is 12.1 Å². The van der Waals surface area contributed by atoms with Crippen LogP contribution in [0.5, 0.6) is 0 Å². The monoisotopic (exact) mass is 170 g/mol. The molecule has 1 aliphatic rings. The number of nitro groups is 1. The van der Waals surface area contributed by atoms with Crippen molar-refractivity contribution in [2.24, 2.45) is 5.73 Å². The van der Waals surface area contributed by atoms with E-state index >= 15 is 0 Å². The third kappa shape index (κ3) is 1.69. The van der Waals surface area contributed by atoms with E-state index in [-0.39, 0.29) is 5.70 Å². The minimum atomic E-state index is -0.875. The molecule has 5 heteroatoms. The molecule has 0 saturated heterocycles. The van der Waals surface area contributed by atoms with Crippen LogP contribution < -0.4 is 5.73 Å². The molecule has 2 N–H and O–H groups in total. The molecule has 5 nitrogen and oxygen atoms in total. The first kappa shape index (κ1) is 8.89. The van der Waals surface area contributed by atoms with Crippen LogP contribution in [0.2, 0.25) is 0 Å². The Morgan fingerprint density at radius 1 is 1.83 bits per heavy atom. The lowest BCUT2D eigenvalue weighted by atomic mass is 10.0. The van der Waals surface area contributed by atoms with Gasteiger partial charge >= 0.3 is 0 Å². The highest BCUT2D eigenvalue weighted by Crippen LogP contribution is 2.18. The van der Waals surface area contributed by atoms with Crippen molar-refractivity contribution in [2.75, 3.05) is 7.11 Å². The van der Waals surface area contributed by atoms with E-state index in [2.05, 4.69) is 0 Å². The molecule has 1 aliphatic carbocycles. The normalized spacial score (nSPS) is 28.3. The quantitative estimate of drug-likeness (QED) is 0.370. The lowest BCUT2D eigenvalue weighted by Gasteiger charge is -2.23. The van der Waals surface area contributed by atoms with E-state index in [1.54, 1.807) is 0 Å². The maximum Gasteiger partial charge on any atom is 0.265 e. The highest BCUT2D eigenvalue weighted by molar-refractivity contribution is 5.21. The van der Waals surface area contributed by atoms with Crippen LogP contribution in [0.15, 0.2) is 23.9 Å². The second-order valence-electron chi connectivity index (χ2n) is 2.58. The van der Waals surface area contributed by atoms with Crippen LogP contribution in [-0.4, -0.2) is 17.8 Å². The molecule has 0 aromatic carbocycles. The third-order valence-electron chi connectivity index (χ3n) is 1.76. The van der Waals surface area contributed by atoms with Gasteiger partial charge in [-0.05, 0) is 12.2 Å². The van der Waals surface area contributed by atoms with Gasteiger partial charge in [0.15, 0.2) is 0 Å². The first-order valence-electron chi connectivity index (χ1n) is 3.45. The topological polar surface area (TPSA) is 78.4 Å². The lowest BCUT2D eigenvalue weighted by molar-refractivity contribution is -0.419. The largest absolute Gasteiger partial charge is 0.360 e. The molecule has 0 fully saturated rings. The van der Waals surface area contributed by atoms with Gasteiger partial charge in [-0.2, -0.15) is 0 Å². The van der Waals surface area contributed by atoms with Gasteiger partial charge in [-0.1, -0.05) is 0 Å². The van der Waals surface area contributed by atoms with E-state index in [1.807, 2.05) is 0 Å². The molecule has 0 aliphatic heterocycles. The number of hydrogen-bond acceptors (Lipinski definition) is 4. The summed E-state index contributed by atoms with van der Waals surface area (Å²) in [6, 6.07) is 0. The standard InChI is InChI=1S/C7H10N2O3/c1-12-7(8)4-2-6(3-5-7)9(10)11/h2-4H,5,8H2,1H3. The number of methoxy groups -OCH3 is 1. The zero-order valence-electron chi connectivity index (χ0n) is 6.69. The average molecular weight is 170 g/mol. The van der Waals surface area contributed by atoms with Crippen LogP contribution >= 0.6 is 0 Å². The number of nitrogens with zero attached hydrogens (tertiary/aromatic N) is 1. The maximum atomic E-state index is 10.3. The van der Waals surface area contributed by atoms with Crippen molar-refractivity contribution >= 4 is 0 Å². The molecule has 0 radical (unpaired) electrons. The fourth-order valence-corrected chi connectivity index (χ4v) is 0.913. The van der Waals surface area contributed by atoms with Crippen LogP contribution in [0.1, 0.15) is 6.42 Å². The van der Waals surface area contributed by atoms with Crippen LogP contribution in [0.4, 0.5) is 0 Å². The van der Waals surface area contributed by atoms with Crippen molar-refractivity contribution in [1.29, 1.82) is 0 Å². The predicted octanol–water partition coefficient (Wildman–Crippen LogP) is 0.408. The molecule has 1 unspecified atom stereocenters. The summed E-state index contributed by atoms with van der Waals surface area (Å²) in [5.41, 5.74) is 4.83. The highest BCUT2D eigenvalue weighted by Gasteiger charge is 2.25. The van der Waals surface area contributed by atoms with E-state index in [0.29, 0.717) is 6.42 Å². The molecule has 0 aromatic heterocycles. The van der Waals surface area contributed by atoms with Crippen LogP contribution in [0.25, 0.3) is 0 Å². The summed E-state index contributed by atoms with van der Waals surface area (Å²) in [6.45, 7) is 0. The van der Waals surface area contributed by atoms with Crippen molar-refractivity contribution < 1.29 is 9.66 Å². The van der Waals surface area contributed by atoms with E-state index in [1.165, 1.54) is 25.3 Å². The molecule has 66 valence electrons. The van der Waals surface area contributed by atoms with Gasteiger partial charge in [-0.3, -0.25) is 15.8 Å². The zero-order valence-corrected chi connectivity index (χ0v) is 6.69. The molecule has 0 saturated carbocycles. The van der Waals surface area contributed by atoms with Crippen LogP contribution in [0.3, 0.4) is 0 Å². The Morgan fingerprint density at radius 2 is 2.50 bits per heavy atom. The van der Waals surface area contributed by atoms with Gasteiger partial charge in [0, 0.05) is 19.6 Å². The predicted molar refractivity (Wildman–Crippen MR) is 42.8 cm³/mol. The van der Waals surface area contributed by atoms with Gasteiger partial charge < -0.3 is 4.74 Å². The Labute approximate surface area is 69.7 Å². The Bertz CT molecular complexity index is 259. The average Bonchev–Trinajstić information content (AvgIpc) is 2.05. The van der Waals surface area contributed by atoms with Crippen molar-refractivity contribution in [1.82, 2.24) is 0 Å². The minimum Gasteiger partial charge on any atom is -0.360 e. The van der Waals surface area contributed by atoms with E-state index < -0.39 is 10.6 Å². The minimum absolute atomic E-state index is 0.0631. The van der Waals surface area contributed by atoms with E-state index in [9.17, 15) is 10.1 Å². The summed E-state index contributed by atoms with van der Waals surface area (Å²) in [6.07, 6.45) is 4.62. The number of hydrogen-bond donors (Lipinski definition) is 1. The van der Waals surface area contributed by atoms with Gasteiger partial charge in [-0.25, -0.2) is 0 Å². The molecule has 0 bridgehead atoms. The summed E-state index contributed by atoms with van der Waals surface area (Å²) < 4.78 is 4.93. The maximum absolute atomic E-state index is 10.3. The molecular weight excluding hydrogens is 160 g/mol. The molecule has 0 spiro atoms. The number of nitrogens with two attached hydrogens (primary N) is 1. The first-order valence-corrected chi connectivity index (χ1v) is 3.45. The van der Waals surface area contributed by atoms with Crippen molar-refractivity contribution in [3.63, 3.8) is 0 Å². The Hall–Kier alpha value is -1.20. The second-order valence-corrected chi connectivity index (χ2v) is 2.58. The summed E-state index contributed by atoms with van der Waals surface area (Å²) in [7, 11) is 1.47. The lowest BCUT2D eigenvalue weighted by Crippen LogP contribution is -2.40. The molecule has 1 atom stereocenters. The number of ether oxygens (including phenoxy) is 1. The van der Waals surface area contributed by atoms with Crippen LogP contribution in [-0.2, 0) is 4.74 Å². The zero-order chi connectivity index (χ0) is 9.19. The Kier molecular flexibility index (Phi) is 2.25. The summed E-state index contributed by atoms with van der Waals surface area (Å²) in [5, 5.41) is 10.3. The first-order chi connectivity index (χ1) is 5.57. The Balaban J connectivity index is 2.74. The Morgan fingerprint density at radius 3 is 2.83 bits per heavy atom. The molecule has 12 heavy (non-hydrogen) atoms. The second kappa shape index (κ2) is 3.04. The molecular formula is C7H10N2O3.